The van der Waals surface area contributed by atoms with Crippen LogP contribution in [0.3, 0.4) is 0 Å². The van der Waals surface area contributed by atoms with Gasteiger partial charge in [0, 0.05) is 19.0 Å². The van der Waals surface area contributed by atoms with E-state index >= 15 is 0 Å². The Kier molecular flexibility index (Phi) is 6.00. The fourth-order valence-electron chi connectivity index (χ4n) is 4.28. The fourth-order valence-corrected chi connectivity index (χ4v) is 4.28. The minimum absolute atomic E-state index is 0.0632. The van der Waals surface area contributed by atoms with Crippen molar-refractivity contribution in [2.75, 3.05) is 32.8 Å². The first-order chi connectivity index (χ1) is 13.7. The highest BCUT2D eigenvalue weighted by atomic mass is 16.5. The Morgan fingerprint density at radius 1 is 1.11 bits per heavy atom. The number of benzene rings is 1. The van der Waals surface area contributed by atoms with Crippen molar-refractivity contribution in [3.8, 4) is 11.5 Å². The van der Waals surface area contributed by atoms with E-state index in [4.69, 9.17) is 9.47 Å². The predicted molar refractivity (Wildman–Crippen MR) is 104 cm³/mol. The van der Waals surface area contributed by atoms with Crippen LogP contribution >= 0.6 is 0 Å². The Morgan fingerprint density at radius 3 is 2.86 bits per heavy atom. The summed E-state index contributed by atoms with van der Waals surface area (Å²) in [4.78, 5) is 26.9. The van der Waals surface area contributed by atoms with Crippen LogP contribution in [0.4, 0.5) is 0 Å². The lowest BCUT2D eigenvalue weighted by molar-refractivity contribution is -0.129. The molecule has 0 aliphatic carbocycles. The van der Waals surface area contributed by atoms with Crippen LogP contribution in [0, 0.1) is 0 Å². The van der Waals surface area contributed by atoms with Gasteiger partial charge in [-0.2, -0.15) is 0 Å². The smallest absolute Gasteiger partial charge is 0.242 e. The van der Waals surface area contributed by atoms with E-state index < -0.39 is 6.04 Å². The van der Waals surface area contributed by atoms with Crippen molar-refractivity contribution in [2.24, 2.45) is 0 Å². The molecule has 4 rings (SSSR count). The molecule has 0 spiro atoms. The number of carbonyl (C=O) groups excluding carboxylic acids is 2. The van der Waals surface area contributed by atoms with Gasteiger partial charge in [0.25, 0.3) is 0 Å². The second-order valence-electron chi connectivity index (χ2n) is 7.79. The summed E-state index contributed by atoms with van der Waals surface area (Å²) in [6.07, 6.45) is 5.58. The molecule has 28 heavy (non-hydrogen) atoms. The van der Waals surface area contributed by atoms with Gasteiger partial charge in [-0.15, -0.1) is 0 Å². The number of fused-ring (bicyclic) bond motifs is 1. The fraction of sp³-hybridized carbons (Fsp3) is 0.619. The van der Waals surface area contributed by atoms with Gasteiger partial charge >= 0.3 is 0 Å². The molecule has 3 heterocycles. The number of nitrogens with zero attached hydrogens (tertiary/aromatic N) is 1. The molecule has 2 saturated heterocycles. The van der Waals surface area contributed by atoms with Crippen LogP contribution < -0.4 is 20.1 Å². The number of carbonyl (C=O) groups is 2. The molecule has 2 amide bonds. The molecular weight excluding hydrogens is 358 g/mol. The molecule has 3 aliphatic rings. The van der Waals surface area contributed by atoms with E-state index in [9.17, 15) is 9.59 Å². The molecule has 2 N–H and O–H groups in total. The van der Waals surface area contributed by atoms with Crippen molar-refractivity contribution in [1.29, 1.82) is 0 Å². The topological polar surface area (TPSA) is 79.9 Å². The summed E-state index contributed by atoms with van der Waals surface area (Å²) in [7, 11) is 0. The average Bonchev–Trinajstić information content (AvgIpc) is 2.88. The van der Waals surface area contributed by atoms with Gasteiger partial charge in [0.1, 0.15) is 6.04 Å². The van der Waals surface area contributed by atoms with Gasteiger partial charge in [0.2, 0.25) is 11.8 Å². The Hall–Kier alpha value is -2.28. The van der Waals surface area contributed by atoms with E-state index in [-0.39, 0.29) is 17.9 Å². The van der Waals surface area contributed by atoms with Crippen molar-refractivity contribution in [3.05, 3.63) is 23.8 Å². The highest BCUT2D eigenvalue weighted by molar-refractivity contribution is 5.88. The molecule has 0 unspecified atom stereocenters. The number of nitrogens with one attached hydrogen (secondary N) is 2. The Labute approximate surface area is 165 Å². The molecule has 0 bridgehead atoms. The minimum Gasteiger partial charge on any atom is -0.490 e. The van der Waals surface area contributed by atoms with Gasteiger partial charge in [0.05, 0.1) is 19.8 Å². The molecule has 0 saturated carbocycles. The zero-order chi connectivity index (χ0) is 19.3. The maximum absolute atomic E-state index is 12.6. The van der Waals surface area contributed by atoms with E-state index in [1.165, 1.54) is 0 Å². The summed E-state index contributed by atoms with van der Waals surface area (Å²) in [5, 5.41) is 5.80. The molecule has 7 nitrogen and oxygen atoms in total. The molecule has 3 aliphatic heterocycles. The molecule has 0 aromatic heterocycles. The normalized spacial score (nSPS) is 25.5. The Bertz CT molecular complexity index is 724. The molecule has 1 aromatic rings. The molecule has 152 valence electrons. The van der Waals surface area contributed by atoms with E-state index in [0.717, 1.165) is 55.7 Å². The number of rotatable bonds is 4. The maximum Gasteiger partial charge on any atom is 0.242 e. The zero-order valence-corrected chi connectivity index (χ0v) is 16.2. The molecule has 2 atom stereocenters. The number of amides is 2. The summed E-state index contributed by atoms with van der Waals surface area (Å²) in [6, 6.07) is 5.88. The third-order valence-corrected chi connectivity index (χ3v) is 5.74. The summed E-state index contributed by atoms with van der Waals surface area (Å²) in [6.45, 7) is 3.23. The van der Waals surface area contributed by atoms with Crippen LogP contribution in [0.25, 0.3) is 0 Å². The quantitative estimate of drug-likeness (QED) is 0.823. The van der Waals surface area contributed by atoms with Crippen molar-refractivity contribution in [1.82, 2.24) is 15.5 Å². The zero-order valence-electron chi connectivity index (χ0n) is 16.2. The van der Waals surface area contributed by atoms with Crippen molar-refractivity contribution in [2.45, 2.75) is 50.6 Å². The van der Waals surface area contributed by atoms with Gasteiger partial charge in [-0.1, -0.05) is 6.07 Å². The first kappa shape index (κ1) is 19.1. The van der Waals surface area contributed by atoms with Crippen LogP contribution in [0.1, 0.15) is 50.1 Å². The largest absolute Gasteiger partial charge is 0.490 e. The van der Waals surface area contributed by atoms with Gasteiger partial charge in [-0.05, 0) is 56.3 Å². The lowest BCUT2D eigenvalue weighted by Crippen LogP contribution is -2.48. The molecule has 0 radical (unpaired) electrons. The lowest BCUT2D eigenvalue weighted by Gasteiger charge is -2.26. The summed E-state index contributed by atoms with van der Waals surface area (Å²) in [5.74, 6) is 1.44. The van der Waals surface area contributed by atoms with E-state index in [0.29, 0.717) is 32.7 Å². The van der Waals surface area contributed by atoms with Crippen LogP contribution in [0.5, 0.6) is 11.5 Å². The highest BCUT2D eigenvalue weighted by Crippen LogP contribution is 2.37. The van der Waals surface area contributed by atoms with Gasteiger partial charge in [0.15, 0.2) is 11.5 Å². The van der Waals surface area contributed by atoms with Gasteiger partial charge in [-0.25, -0.2) is 0 Å². The second-order valence-corrected chi connectivity index (χ2v) is 7.79. The van der Waals surface area contributed by atoms with E-state index in [1.54, 1.807) is 0 Å². The highest BCUT2D eigenvalue weighted by Gasteiger charge is 2.30. The third kappa shape index (κ3) is 4.41. The third-order valence-electron chi connectivity index (χ3n) is 5.74. The van der Waals surface area contributed by atoms with Crippen LogP contribution in [-0.2, 0) is 9.59 Å². The van der Waals surface area contributed by atoms with Gasteiger partial charge < -0.3 is 20.1 Å². The maximum atomic E-state index is 12.6. The Balaban J connectivity index is 1.40. The first-order valence-electron chi connectivity index (χ1n) is 10.4. The number of likely N-dealkylation sites (tertiary alicyclic amines) is 1. The molecule has 7 heteroatoms. The Morgan fingerprint density at radius 2 is 1.96 bits per heavy atom. The average molecular weight is 387 g/mol. The van der Waals surface area contributed by atoms with Crippen molar-refractivity contribution in [3.63, 3.8) is 0 Å². The van der Waals surface area contributed by atoms with E-state index in [1.807, 2.05) is 6.07 Å². The number of ether oxygens (including phenoxy) is 2. The summed E-state index contributed by atoms with van der Waals surface area (Å²) < 4.78 is 11.5. The van der Waals surface area contributed by atoms with Gasteiger partial charge in [-0.3, -0.25) is 14.5 Å². The van der Waals surface area contributed by atoms with Crippen LogP contribution in [0.15, 0.2) is 18.2 Å². The van der Waals surface area contributed by atoms with E-state index in [2.05, 4.69) is 27.7 Å². The van der Waals surface area contributed by atoms with Crippen LogP contribution in [0.2, 0.25) is 0 Å². The second kappa shape index (κ2) is 8.82. The molecular formula is C21H29N3O4. The van der Waals surface area contributed by atoms with Crippen molar-refractivity contribution >= 4 is 11.8 Å². The van der Waals surface area contributed by atoms with Crippen LogP contribution in [-0.4, -0.2) is 55.6 Å². The predicted octanol–water partition coefficient (Wildman–Crippen LogP) is 1.77. The summed E-state index contributed by atoms with van der Waals surface area (Å²) in [5.41, 5.74) is 1.15. The minimum atomic E-state index is -0.408. The lowest BCUT2D eigenvalue weighted by atomic mass is 10.0. The SMILES string of the molecule is O=C(CN1CCC[C@H]1c1ccc2c(c1)OCCCO2)N[C@@H]1CCCCNC1=O. The van der Waals surface area contributed by atoms with Crippen molar-refractivity contribution < 1.29 is 19.1 Å². The number of hydrogen-bond donors (Lipinski definition) is 2. The first-order valence-corrected chi connectivity index (χ1v) is 10.4. The molecule has 1 aromatic carbocycles. The monoisotopic (exact) mass is 387 g/mol. The summed E-state index contributed by atoms with van der Waals surface area (Å²) >= 11 is 0. The molecule has 2 fully saturated rings. The standard InChI is InChI=1S/C21H29N3O4/c25-20(23-16-5-1-2-9-22-21(16)26)14-24-10-3-6-17(24)15-7-8-18-19(13-15)28-12-4-11-27-18/h7-8,13,16-17H,1-6,9-12,14H2,(H,22,26)(H,23,25)/t16-,17+/m1/s1. The number of hydrogen-bond acceptors (Lipinski definition) is 5.